The minimum Gasteiger partial charge on any atom is -0.497 e. The minimum atomic E-state index is -0.228. The van der Waals surface area contributed by atoms with E-state index in [9.17, 15) is 4.79 Å². The standard InChI is InChI=1S/C15H17NO3S/c1-3-19-15(17)9-12-10-20-14(16-12)8-11-4-6-13(18-2)7-5-11/h4-7,10H,3,8-9H2,1-2H3. The average molecular weight is 291 g/mol. The summed E-state index contributed by atoms with van der Waals surface area (Å²) in [5, 5.41) is 2.91. The molecule has 0 unspecified atom stereocenters. The first-order chi connectivity index (χ1) is 9.71. The van der Waals surface area contributed by atoms with E-state index in [0.29, 0.717) is 6.61 Å². The topological polar surface area (TPSA) is 48.4 Å². The molecule has 0 bridgehead atoms. The normalized spacial score (nSPS) is 10.3. The van der Waals surface area contributed by atoms with Gasteiger partial charge in [-0.1, -0.05) is 12.1 Å². The van der Waals surface area contributed by atoms with E-state index in [4.69, 9.17) is 9.47 Å². The summed E-state index contributed by atoms with van der Waals surface area (Å²) < 4.78 is 10.0. The van der Waals surface area contributed by atoms with Crippen molar-refractivity contribution in [1.29, 1.82) is 0 Å². The lowest BCUT2D eigenvalue weighted by molar-refractivity contribution is -0.142. The van der Waals surface area contributed by atoms with Gasteiger partial charge in [-0.05, 0) is 24.6 Å². The summed E-state index contributed by atoms with van der Waals surface area (Å²) in [6.07, 6.45) is 1.00. The Morgan fingerprint density at radius 3 is 2.70 bits per heavy atom. The zero-order valence-corrected chi connectivity index (χ0v) is 12.4. The molecule has 0 fully saturated rings. The average Bonchev–Trinajstić information content (AvgIpc) is 2.87. The second-order valence-electron chi connectivity index (χ2n) is 4.24. The highest BCUT2D eigenvalue weighted by Gasteiger charge is 2.08. The van der Waals surface area contributed by atoms with Gasteiger partial charge in [0.1, 0.15) is 5.75 Å². The molecule has 0 amide bonds. The Morgan fingerprint density at radius 1 is 1.30 bits per heavy atom. The fourth-order valence-electron chi connectivity index (χ4n) is 1.79. The monoisotopic (exact) mass is 291 g/mol. The molecule has 4 nitrogen and oxygen atoms in total. The van der Waals surface area contributed by atoms with Crippen LogP contribution in [0.2, 0.25) is 0 Å². The van der Waals surface area contributed by atoms with Crippen LogP contribution in [0, 0.1) is 0 Å². The molecular weight excluding hydrogens is 274 g/mol. The number of hydrogen-bond acceptors (Lipinski definition) is 5. The summed E-state index contributed by atoms with van der Waals surface area (Å²) in [5.74, 6) is 0.615. The summed E-state index contributed by atoms with van der Waals surface area (Å²) in [6, 6.07) is 7.90. The number of ether oxygens (including phenoxy) is 2. The van der Waals surface area contributed by atoms with E-state index in [0.717, 1.165) is 22.9 Å². The molecule has 5 heteroatoms. The quantitative estimate of drug-likeness (QED) is 0.768. The Morgan fingerprint density at radius 2 is 2.05 bits per heavy atom. The number of benzene rings is 1. The summed E-state index contributed by atoms with van der Waals surface area (Å²) in [4.78, 5) is 15.8. The van der Waals surface area contributed by atoms with Crippen molar-refractivity contribution in [2.24, 2.45) is 0 Å². The molecule has 20 heavy (non-hydrogen) atoms. The lowest BCUT2D eigenvalue weighted by Crippen LogP contribution is -2.07. The van der Waals surface area contributed by atoms with Gasteiger partial charge in [-0.15, -0.1) is 11.3 Å². The highest BCUT2D eigenvalue weighted by Crippen LogP contribution is 2.18. The van der Waals surface area contributed by atoms with E-state index in [1.165, 1.54) is 5.56 Å². The van der Waals surface area contributed by atoms with Gasteiger partial charge in [-0.3, -0.25) is 4.79 Å². The van der Waals surface area contributed by atoms with Crippen molar-refractivity contribution >= 4 is 17.3 Å². The van der Waals surface area contributed by atoms with E-state index >= 15 is 0 Å². The Hall–Kier alpha value is -1.88. The number of rotatable bonds is 6. The van der Waals surface area contributed by atoms with Crippen LogP contribution in [0.5, 0.6) is 5.75 Å². The number of esters is 1. The summed E-state index contributed by atoms with van der Waals surface area (Å²) in [6.45, 7) is 2.20. The van der Waals surface area contributed by atoms with Gasteiger partial charge in [0.05, 0.1) is 30.8 Å². The van der Waals surface area contributed by atoms with Crippen molar-refractivity contribution in [2.75, 3.05) is 13.7 Å². The molecule has 1 aromatic heterocycles. The summed E-state index contributed by atoms with van der Waals surface area (Å²) >= 11 is 1.56. The smallest absolute Gasteiger partial charge is 0.311 e. The van der Waals surface area contributed by atoms with Crippen molar-refractivity contribution in [2.45, 2.75) is 19.8 Å². The van der Waals surface area contributed by atoms with Gasteiger partial charge in [0.25, 0.3) is 0 Å². The maximum Gasteiger partial charge on any atom is 0.311 e. The molecule has 0 N–H and O–H groups in total. The first-order valence-electron chi connectivity index (χ1n) is 6.43. The first-order valence-corrected chi connectivity index (χ1v) is 7.31. The summed E-state index contributed by atoms with van der Waals surface area (Å²) in [5.41, 5.74) is 1.94. The number of carbonyl (C=O) groups is 1. The van der Waals surface area contributed by atoms with Gasteiger partial charge in [-0.25, -0.2) is 4.98 Å². The predicted molar refractivity (Wildman–Crippen MR) is 78.3 cm³/mol. The third-order valence-electron chi connectivity index (χ3n) is 2.74. The van der Waals surface area contributed by atoms with Crippen LogP contribution in [0.25, 0.3) is 0 Å². The number of aromatic nitrogens is 1. The van der Waals surface area contributed by atoms with Crippen molar-refractivity contribution in [3.05, 3.63) is 45.9 Å². The number of carbonyl (C=O) groups excluding carboxylic acids is 1. The largest absolute Gasteiger partial charge is 0.497 e. The van der Waals surface area contributed by atoms with Crippen LogP contribution in [0.15, 0.2) is 29.6 Å². The predicted octanol–water partition coefficient (Wildman–Crippen LogP) is 2.85. The highest BCUT2D eigenvalue weighted by molar-refractivity contribution is 7.09. The van der Waals surface area contributed by atoms with Crippen LogP contribution in [-0.2, 0) is 22.4 Å². The van der Waals surface area contributed by atoms with Crippen molar-refractivity contribution in [3.63, 3.8) is 0 Å². The third kappa shape index (κ3) is 4.06. The number of hydrogen-bond donors (Lipinski definition) is 0. The molecular formula is C15H17NO3S. The van der Waals surface area contributed by atoms with Crippen molar-refractivity contribution in [1.82, 2.24) is 4.98 Å². The molecule has 1 aromatic carbocycles. The molecule has 0 saturated heterocycles. The number of nitrogens with zero attached hydrogens (tertiary/aromatic N) is 1. The van der Waals surface area contributed by atoms with E-state index in [1.807, 2.05) is 29.6 Å². The molecule has 0 aliphatic rings. The lowest BCUT2D eigenvalue weighted by Gasteiger charge is -2.01. The van der Waals surface area contributed by atoms with Gasteiger partial charge >= 0.3 is 5.97 Å². The minimum absolute atomic E-state index is 0.228. The highest BCUT2D eigenvalue weighted by atomic mass is 32.1. The second kappa shape index (κ2) is 7.05. The van der Waals surface area contributed by atoms with Crippen molar-refractivity contribution in [3.8, 4) is 5.75 Å². The third-order valence-corrected chi connectivity index (χ3v) is 3.64. The molecule has 0 saturated carbocycles. The van der Waals surface area contributed by atoms with Gasteiger partial charge in [0.15, 0.2) is 0 Å². The molecule has 0 aliphatic heterocycles. The Kier molecular flexibility index (Phi) is 5.12. The van der Waals surface area contributed by atoms with Gasteiger partial charge in [0, 0.05) is 11.8 Å². The number of thiazole rings is 1. The maximum absolute atomic E-state index is 11.4. The van der Waals surface area contributed by atoms with Crippen LogP contribution in [0.4, 0.5) is 0 Å². The first kappa shape index (κ1) is 14.5. The van der Waals surface area contributed by atoms with Crippen molar-refractivity contribution < 1.29 is 14.3 Å². The van der Waals surface area contributed by atoms with Gasteiger partial charge in [0.2, 0.25) is 0 Å². The van der Waals surface area contributed by atoms with Gasteiger partial charge in [-0.2, -0.15) is 0 Å². The molecule has 2 rings (SSSR count). The second-order valence-corrected chi connectivity index (χ2v) is 5.18. The Bertz CT molecular complexity index is 563. The molecule has 0 atom stereocenters. The van der Waals surface area contributed by atoms with E-state index < -0.39 is 0 Å². The molecule has 0 spiro atoms. The van der Waals surface area contributed by atoms with E-state index in [1.54, 1.807) is 25.4 Å². The van der Waals surface area contributed by atoms with Crippen LogP contribution >= 0.6 is 11.3 Å². The Balaban J connectivity index is 1.96. The maximum atomic E-state index is 11.4. The zero-order chi connectivity index (χ0) is 14.4. The lowest BCUT2D eigenvalue weighted by atomic mass is 10.1. The fourth-order valence-corrected chi connectivity index (χ4v) is 2.62. The Labute approximate surface area is 122 Å². The number of methoxy groups -OCH3 is 1. The molecule has 106 valence electrons. The SMILES string of the molecule is CCOC(=O)Cc1csc(Cc2ccc(OC)cc2)n1. The van der Waals surface area contributed by atoms with Crippen LogP contribution in [-0.4, -0.2) is 24.7 Å². The fraction of sp³-hybridized carbons (Fsp3) is 0.333. The summed E-state index contributed by atoms with van der Waals surface area (Å²) in [7, 11) is 1.65. The van der Waals surface area contributed by atoms with Gasteiger partial charge < -0.3 is 9.47 Å². The van der Waals surface area contributed by atoms with Crippen LogP contribution < -0.4 is 4.74 Å². The molecule has 2 aromatic rings. The van der Waals surface area contributed by atoms with Crippen LogP contribution in [0.3, 0.4) is 0 Å². The zero-order valence-electron chi connectivity index (χ0n) is 11.6. The molecule has 0 radical (unpaired) electrons. The van der Waals surface area contributed by atoms with E-state index in [2.05, 4.69) is 4.98 Å². The molecule has 0 aliphatic carbocycles. The van der Waals surface area contributed by atoms with E-state index in [-0.39, 0.29) is 12.4 Å². The van der Waals surface area contributed by atoms with Crippen LogP contribution in [0.1, 0.15) is 23.2 Å². The molecule has 1 heterocycles.